The molecule has 21 heavy (non-hydrogen) atoms. The van der Waals surface area contributed by atoms with Crippen LogP contribution in [0.4, 0.5) is 5.82 Å². The molecule has 1 aromatic carbocycles. The van der Waals surface area contributed by atoms with Crippen molar-refractivity contribution in [3.05, 3.63) is 47.9 Å². The Morgan fingerprint density at radius 2 is 2.14 bits per heavy atom. The lowest BCUT2D eigenvalue weighted by Crippen LogP contribution is -2.26. The number of ether oxygens (including phenoxy) is 2. The molecule has 2 aromatic rings. The van der Waals surface area contributed by atoms with Crippen LogP contribution < -0.4 is 9.64 Å². The first-order valence-corrected chi connectivity index (χ1v) is 6.64. The lowest BCUT2D eigenvalue weighted by atomic mass is 10.2. The van der Waals surface area contributed by atoms with Crippen LogP contribution in [0.15, 0.2) is 36.7 Å². The van der Waals surface area contributed by atoms with Crippen molar-refractivity contribution in [3.63, 3.8) is 0 Å². The molecule has 0 fully saturated rings. The molecule has 0 radical (unpaired) electrons. The van der Waals surface area contributed by atoms with Gasteiger partial charge in [0.1, 0.15) is 18.2 Å². The van der Waals surface area contributed by atoms with Gasteiger partial charge in [-0.1, -0.05) is 18.2 Å². The van der Waals surface area contributed by atoms with Gasteiger partial charge in [0.25, 0.3) is 0 Å². The van der Waals surface area contributed by atoms with Crippen LogP contribution >= 0.6 is 0 Å². The van der Waals surface area contributed by atoms with E-state index in [9.17, 15) is 4.79 Å². The second kappa shape index (κ2) is 5.78. The van der Waals surface area contributed by atoms with Gasteiger partial charge in [0, 0.05) is 12.1 Å². The fraction of sp³-hybridized carbons (Fsp3) is 0.267. The van der Waals surface area contributed by atoms with E-state index < -0.39 is 5.97 Å². The van der Waals surface area contributed by atoms with Crippen molar-refractivity contribution in [3.8, 4) is 5.75 Å². The summed E-state index contributed by atoms with van der Waals surface area (Å²) >= 11 is 0. The van der Waals surface area contributed by atoms with Gasteiger partial charge >= 0.3 is 5.97 Å². The van der Waals surface area contributed by atoms with Gasteiger partial charge < -0.3 is 14.4 Å². The summed E-state index contributed by atoms with van der Waals surface area (Å²) in [6.07, 6.45) is 3.01. The van der Waals surface area contributed by atoms with E-state index in [0.29, 0.717) is 25.5 Å². The molecule has 0 unspecified atom stereocenters. The third-order valence-electron chi connectivity index (χ3n) is 3.31. The Balaban J connectivity index is 1.82. The number of aromatic nitrogens is 2. The van der Waals surface area contributed by atoms with E-state index in [0.717, 1.165) is 11.3 Å². The van der Waals surface area contributed by atoms with Crippen LogP contribution in [0.25, 0.3) is 0 Å². The zero-order valence-corrected chi connectivity index (χ0v) is 11.7. The minimum absolute atomic E-state index is 0.202. The Morgan fingerprint density at radius 3 is 2.90 bits per heavy atom. The molecule has 108 valence electrons. The van der Waals surface area contributed by atoms with Crippen LogP contribution in [0.3, 0.4) is 0 Å². The second-order valence-corrected chi connectivity index (χ2v) is 4.63. The third kappa shape index (κ3) is 2.79. The maximum absolute atomic E-state index is 11.4. The van der Waals surface area contributed by atoms with E-state index in [2.05, 4.69) is 19.6 Å². The van der Waals surface area contributed by atoms with Crippen LogP contribution in [-0.2, 0) is 11.3 Å². The highest BCUT2D eigenvalue weighted by atomic mass is 16.5. The molecule has 0 spiro atoms. The number of nitrogens with zero attached hydrogens (tertiary/aromatic N) is 3. The molecular formula is C15H15N3O3. The number of hydrogen-bond acceptors (Lipinski definition) is 6. The molecule has 0 aliphatic carbocycles. The summed E-state index contributed by atoms with van der Waals surface area (Å²) in [5, 5.41) is 0. The van der Waals surface area contributed by atoms with Gasteiger partial charge in [-0.25, -0.2) is 14.8 Å². The highest BCUT2D eigenvalue weighted by Gasteiger charge is 2.17. The van der Waals surface area contributed by atoms with Crippen molar-refractivity contribution in [2.24, 2.45) is 0 Å². The molecule has 0 bridgehead atoms. The first-order valence-electron chi connectivity index (χ1n) is 6.64. The molecule has 0 N–H and O–H groups in total. The molecule has 0 amide bonds. The summed E-state index contributed by atoms with van der Waals surface area (Å²) in [6, 6.07) is 7.94. The predicted octanol–water partition coefficient (Wildman–Crippen LogP) is 1.66. The molecule has 6 heteroatoms. The Kier molecular flexibility index (Phi) is 3.68. The number of rotatable bonds is 2. The SMILES string of the molecule is COC(=O)c1cnc(N2CCOc3ccccc3C2)cn1. The number of anilines is 1. The molecule has 1 aromatic heterocycles. The summed E-state index contributed by atoms with van der Waals surface area (Å²) in [7, 11) is 1.32. The van der Waals surface area contributed by atoms with Crippen molar-refractivity contribution < 1.29 is 14.3 Å². The van der Waals surface area contributed by atoms with Crippen LogP contribution in [0.5, 0.6) is 5.75 Å². The zero-order chi connectivity index (χ0) is 14.7. The first-order chi connectivity index (χ1) is 10.3. The number of esters is 1. The topological polar surface area (TPSA) is 64.5 Å². The van der Waals surface area contributed by atoms with E-state index in [1.807, 2.05) is 24.3 Å². The van der Waals surface area contributed by atoms with Crippen LogP contribution in [0, 0.1) is 0 Å². The molecule has 1 aliphatic rings. The number of hydrogen-bond donors (Lipinski definition) is 0. The monoisotopic (exact) mass is 285 g/mol. The minimum atomic E-state index is -0.487. The number of para-hydroxylation sites is 1. The number of carbonyl (C=O) groups excluding carboxylic acids is 1. The summed E-state index contributed by atoms with van der Waals surface area (Å²) in [5.74, 6) is 1.13. The van der Waals surface area contributed by atoms with E-state index >= 15 is 0 Å². The smallest absolute Gasteiger partial charge is 0.358 e. The molecule has 6 nitrogen and oxygen atoms in total. The zero-order valence-electron chi connectivity index (χ0n) is 11.7. The highest BCUT2D eigenvalue weighted by molar-refractivity contribution is 5.86. The highest BCUT2D eigenvalue weighted by Crippen LogP contribution is 2.24. The Bertz CT molecular complexity index is 643. The lowest BCUT2D eigenvalue weighted by molar-refractivity contribution is 0.0593. The average Bonchev–Trinajstić information content (AvgIpc) is 2.76. The largest absolute Gasteiger partial charge is 0.491 e. The number of carbonyl (C=O) groups is 1. The van der Waals surface area contributed by atoms with Gasteiger partial charge in [-0.15, -0.1) is 0 Å². The van der Waals surface area contributed by atoms with Crippen LogP contribution in [0.1, 0.15) is 16.1 Å². The van der Waals surface area contributed by atoms with E-state index in [-0.39, 0.29) is 5.69 Å². The molecule has 1 aliphatic heterocycles. The summed E-state index contributed by atoms with van der Waals surface area (Å²) in [5.41, 5.74) is 1.31. The first kappa shape index (κ1) is 13.4. The number of benzene rings is 1. The van der Waals surface area contributed by atoms with Crippen molar-refractivity contribution in [1.82, 2.24) is 9.97 Å². The van der Waals surface area contributed by atoms with Gasteiger partial charge in [0.05, 0.1) is 26.0 Å². The quantitative estimate of drug-likeness (QED) is 0.782. The van der Waals surface area contributed by atoms with Crippen molar-refractivity contribution in [2.75, 3.05) is 25.2 Å². The Labute approximate surface area is 122 Å². The molecule has 0 saturated heterocycles. The van der Waals surface area contributed by atoms with Gasteiger partial charge in [-0.05, 0) is 6.07 Å². The lowest BCUT2D eigenvalue weighted by Gasteiger charge is -2.20. The second-order valence-electron chi connectivity index (χ2n) is 4.63. The minimum Gasteiger partial charge on any atom is -0.491 e. The summed E-state index contributed by atoms with van der Waals surface area (Å²) < 4.78 is 10.3. The van der Waals surface area contributed by atoms with Gasteiger partial charge in [0.15, 0.2) is 5.69 Å². The van der Waals surface area contributed by atoms with Crippen molar-refractivity contribution in [1.29, 1.82) is 0 Å². The third-order valence-corrected chi connectivity index (χ3v) is 3.31. The van der Waals surface area contributed by atoms with Gasteiger partial charge in [-0.2, -0.15) is 0 Å². The van der Waals surface area contributed by atoms with E-state index in [1.54, 1.807) is 6.20 Å². The van der Waals surface area contributed by atoms with Crippen LogP contribution in [-0.4, -0.2) is 36.2 Å². The van der Waals surface area contributed by atoms with Crippen LogP contribution in [0.2, 0.25) is 0 Å². The maximum Gasteiger partial charge on any atom is 0.358 e. The maximum atomic E-state index is 11.4. The summed E-state index contributed by atoms with van der Waals surface area (Å²) in [4.78, 5) is 21.8. The molecule has 0 atom stereocenters. The number of fused-ring (bicyclic) bond motifs is 1. The molecule has 0 saturated carbocycles. The fourth-order valence-electron chi connectivity index (χ4n) is 2.22. The standard InChI is InChI=1S/C15H15N3O3/c1-20-15(19)12-8-17-14(9-16-12)18-6-7-21-13-5-3-2-4-11(13)10-18/h2-5,8-9H,6-7,10H2,1H3. The van der Waals surface area contributed by atoms with E-state index in [1.165, 1.54) is 13.3 Å². The normalized spacial score (nSPS) is 13.9. The van der Waals surface area contributed by atoms with Crippen molar-refractivity contribution >= 4 is 11.8 Å². The Hall–Kier alpha value is -2.63. The van der Waals surface area contributed by atoms with Crippen molar-refractivity contribution in [2.45, 2.75) is 6.54 Å². The Morgan fingerprint density at radius 1 is 1.29 bits per heavy atom. The predicted molar refractivity (Wildman–Crippen MR) is 76.4 cm³/mol. The molecular weight excluding hydrogens is 270 g/mol. The number of methoxy groups -OCH3 is 1. The molecule has 2 heterocycles. The molecule has 3 rings (SSSR count). The van der Waals surface area contributed by atoms with E-state index in [4.69, 9.17) is 4.74 Å². The van der Waals surface area contributed by atoms with Gasteiger partial charge in [-0.3, -0.25) is 0 Å². The summed E-state index contributed by atoms with van der Waals surface area (Å²) in [6.45, 7) is 1.99. The fourth-order valence-corrected chi connectivity index (χ4v) is 2.22. The van der Waals surface area contributed by atoms with Gasteiger partial charge in [0.2, 0.25) is 0 Å². The average molecular weight is 285 g/mol.